The standard InChI is InChI=1S/C17H19NO3S/c1-4-14-10(2)8-15(22-14)16(19)18-13-7-5-6-12(9-13)11(3)17(20)21/h5-9,11H,4H2,1-3H3,(H,18,19)(H,20,21). The molecule has 0 aliphatic heterocycles. The molecule has 4 nitrogen and oxygen atoms in total. The van der Waals surface area contributed by atoms with Crippen LogP contribution in [0.5, 0.6) is 0 Å². The molecular formula is C17H19NO3S. The second-order valence-electron chi connectivity index (χ2n) is 5.21. The van der Waals surface area contributed by atoms with Crippen LogP contribution in [0.3, 0.4) is 0 Å². The molecule has 0 fully saturated rings. The van der Waals surface area contributed by atoms with Crippen LogP contribution in [0.2, 0.25) is 0 Å². The Morgan fingerprint density at radius 2 is 2.05 bits per heavy atom. The van der Waals surface area contributed by atoms with Gasteiger partial charge in [0.15, 0.2) is 0 Å². The fourth-order valence-corrected chi connectivity index (χ4v) is 3.21. The molecular weight excluding hydrogens is 298 g/mol. The van der Waals surface area contributed by atoms with Crippen molar-refractivity contribution >= 4 is 28.9 Å². The van der Waals surface area contributed by atoms with Crippen LogP contribution in [0.4, 0.5) is 5.69 Å². The number of amides is 1. The molecule has 0 aliphatic carbocycles. The Kier molecular flexibility index (Phi) is 4.98. The number of rotatable bonds is 5. The molecule has 1 aromatic heterocycles. The average molecular weight is 317 g/mol. The van der Waals surface area contributed by atoms with E-state index in [9.17, 15) is 9.59 Å². The monoisotopic (exact) mass is 317 g/mol. The molecule has 2 rings (SSSR count). The minimum atomic E-state index is -0.884. The molecule has 0 radical (unpaired) electrons. The summed E-state index contributed by atoms with van der Waals surface area (Å²) in [7, 11) is 0. The van der Waals surface area contributed by atoms with E-state index in [1.807, 2.05) is 13.0 Å². The van der Waals surface area contributed by atoms with Crippen molar-refractivity contribution in [2.75, 3.05) is 5.32 Å². The molecule has 0 saturated heterocycles. The molecule has 1 unspecified atom stereocenters. The first-order chi connectivity index (χ1) is 10.4. The third kappa shape index (κ3) is 3.54. The number of benzene rings is 1. The molecule has 0 bridgehead atoms. The molecule has 1 atom stereocenters. The third-order valence-corrected chi connectivity index (χ3v) is 4.96. The molecule has 1 heterocycles. The molecule has 0 aliphatic rings. The van der Waals surface area contributed by atoms with Crippen molar-refractivity contribution in [2.24, 2.45) is 0 Å². The lowest BCUT2D eigenvalue weighted by Crippen LogP contribution is -2.12. The summed E-state index contributed by atoms with van der Waals surface area (Å²) in [6.07, 6.45) is 0.912. The van der Waals surface area contributed by atoms with E-state index in [0.717, 1.165) is 12.0 Å². The van der Waals surface area contributed by atoms with E-state index in [1.54, 1.807) is 31.2 Å². The zero-order valence-electron chi connectivity index (χ0n) is 12.8. The lowest BCUT2D eigenvalue weighted by atomic mass is 10.0. The number of carboxylic acids is 1. The summed E-state index contributed by atoms with van der Waals surface area (Å²) in [5, 5.41) is 11.9. The number of carbonyl (C=O) groups excluding carboxylic acids is 1. The summed E-state index contributed by atoms with van der Waals surface area (Å²) in [6.45, 7) is 5.69. The number of nitrogens with one attached hydrogen (secondary N) is 1. The van der Waals surface area contributed by atoms with Crippen molar-refractivity contribution in [3.8, 4) is 0 Å². The fourth-order valence-electron chi connectivity index (χ4n) is 2.20. The Balaban J connectivity index is 2.17. The number of anilines is 1. The number of hydrogen-bond acceptors (Lipinski definition) is 3. The fraction of sp³-hybridized carbons (Fsp3) is 0.294. The van der Waals surface area contributed by atoms with Gasteiger partial charge in [0.2, 0.25) is 0 Å². The Morgan fingerprint density at radius 1 is 1.32 bits per heavy atom. The maximum atomic E-state index is 12.3. The normalized spacial score (nSPS) is 12.0. The quantitative estimate of drug-likeness (QED) is 0.874. The number of thiophene rings is 1. The van der Waals surface area contributed by atoms with Gasteiger partial charge in [-0.2, -0.15) is 0 Å². The van der Waals surface area contributed by atoms with E-state index in [2.05, 4.69) is 12.2 Å². The Labute approximate surface area is 133 Å². The summed E-state index contributed by atoms with van der Waals surface area (Å²) in [4.78, 5) is 25.2. The van der Waals surface area contributed by atoms with Gasteiger partial charge < -0.3 is 10.4 Å². The van der Waals surface area contributed by atoms with Gasteiger partial charge in [-0.3, -0.25) is 9.59 Å². The van der Waals surface area contributed by atoms with Crippen molar-refractivity contribution in [1.82, 2.24) is 0 Å². The van der Waals surface area contributed by atoms with Crippen LogP contribution in [-0.4, -0.2) is 17.0 Å². The van der Waals surface area contributed by atoms with Gasteiger partial charge in [0.25, 0.3) is 5.91 Å². The number of aliphatic carboxylic acids is 1. The lowest BCUT2D eigenvalue weighted by molar-refractivity contribution is -0.138. The van der Waals surface area contributed by atoms with Crippen molar-refractivity contribution in [3.05, 3.63) is 51.2 Å². The maximum Gasteiger partial charge on any atom is 0.310 e. The Hall–Kier alpha value is -2.14. The maximum absolute atomic E-state index is 12.3. The second-order valence-corrected chi connectivity index (χ2v) is 6.35. The van der Waals surface area contributed by atoms with Crippen LogP contribution in [0.1, 0.15) is 45.4 Å². The van der Waals surface area contributed by atoms with Crippen LogP contribution in [0, 0.1) is 6.92 Å². The predicted octanol–water partition coefficient (Wildman–Crippen LogP) is 4.06. The van der Waals surface area contributed by atoms with Gasteiger partial charge in [0.1, 0.15) is 0 Å². The number of carboxylic acid groups (broad SMARTS) is 1. The molecule has 1 amide bonds. The number of aryl methyl sites for hydroxylation is 2. The van der Waals surface area contributed by atoms with Gasteiger partial charge in [0.05, 0.1) is 10.8 Å². The second kappa shape index (κ2) is 6.75. The van der Waals surface area contributed by atoms with E-state index in [0.29, 0.717) is 16.1 Å². The van der Waals surface area contributed by atoms with E-state index >= 15 is 0 Å². The van der Waals surface area contributed by atoms with Gasteiger partial charge in [-0.25, -0.2) is 0 Å². The molecule has 22 heavy (non-hydrogen) atoms. The molecule has 0 spiro atoms. The summed E-state index contributed by atoms with van der Waals surface area (Å²) in [5.41, 5.74) is 2.41. The van der Waals surface area contributed by atoms with Gasteiger partial charge in [0, 0.05) is 10.6 Å². The zero-order valence-corrected chi connectivity index (χ0v) is 13.7. The van der Waals surface area contributed by atoms with Crippen molar-refractivity contribution in [3.63, 3.8) is 0 Å². The SMILES string of the molecule is CCc1sc(C(=O)Nc2cccc(C(C)C(=O)O)c2)cc1C. The van der Waals surface area contributed by atoms with E-state index < -0.39 is 11.9 Å². The predicted molar refractivity (Wildman–Crippen MR) is 88.9 cm³/mol. The van der Waals surface area contributed by atoms with Gasteiger partial charge >= 0.3 is 5.97 Å². The minimum Gasteiger partial charge on any atom is -0.481 e. The first-order valence-electron chi connectivity index (χ1n) is 7.15. The minimum absolute atomic E-state index is 0.159. The number of carbonyl (C=O) groups is 2. The largest absolute Gasteiger partial charge is 0.481 e. The van der Waals surface area contributed by atoms with Crippen molar-refractivity contribution < 1.29 is 14.7 Å². The van der Waals surface area contributed by atoms with E-state index in [-0.39, 0.29) is 5.91 Å². The highest BCUT2D eigenvalue weighted by Gasteiger charge is 2.15. The lowest BCUT2D eigenvalue weighted by Gasteiger charge is -2.09. The van der Waals surface area contributed by atoms with Crippen LogP contribution in [0.25, 0.3) is 0 Å². The van der Waals surface area contributed by atoms with Crippen LogP contribution in [-0.2, 0) is 11.2 Å². The molecule has 2 aromatic rings. The van der Waals surface area contributed by atoms with Crippen molar-refractivity contribution in [2.45, 2.75) is 33.1 Å². The highest BCUT2D eigenvalue weighted by molar-refractivity contribution is 7.14. The highest BCUT2D eigenvalue weighted by atomic mass is 32.1. The highest BCUT2D eigenvalue weighted by Crippen LogP contribution is 2.24. The molecule has 2 N–H and O–H groups in total. The summed E-state index contributed by atoms with van der Waals surface area (Å²) < 4.78 is 0. The van der Waals surface area contributed by atoms with Crippen LogP contribution < -0.4 is 5.32 Å². The van der Waals surface area contributed by atoms with Crippen LogP contribution in [0.15, 0.2) is 30.3 Å². The zero-order chi connectivity index (χ0) is 16.3. The Bertz CT molecular complexity index is 706. The first-order valence-corrected chi connectivity index (χ1v) is 7.97. The van der Waals surface area contributed by atoms with E-state index in [4.69, 9.17) is 5.11 Å². The first kappa shape index (κ1) is 16.2. The average Bonchev–Trinajstić information content (AvgIpc) is 2.87. The molecule has 116 valence electrons. The number of hydrogen-bond donors (Lipinski definition) is 2. The molecule has 1 aromatic carbocycles. The van der Waals surface area contributed by atoms with E-state index in [1.165, 1.54) is 16.2 Å². The Morgan fingerprint density at radius 3 is 2.64 bits per heavy atom. The summed E-state index contributed by atoms with van der Waals surface area (Å²) >= 11 is 1.50. The topological polar surface area (TPSA) is 66.4 Å². The van der Waals surface area contributed by atoms with Crippen molar-refractivity contribution in [1.29, 1.82) is 0 Å². The van der Waals surface area contributed by atoms with Gasteiger partial charge in [-0.15, -0.1) is 11.3 Å². The third-order valence-electron chi connectivity index (χ3n) is 3.58. The van der Waals surface area contributed by atoms with Gasteiger partial charge in [-0.1, -0.05) is 19.1 Å². The van der Waals surface area contributed by atoms with Gasteiger partial charge in [-0.05, 0) is 49.6 Å². The summed E-state index contributed by atoms with van der Waals surface area (Å²) in [5.74, 6) is -1.65. The molecule has 0 saturated carbocycles. The smallest absolute Gasteiger partial charge is 0.310 e. The summed E-state index contributed by atoms with van der Waals surface area (Å²) in [6, 6.07) is 8.86. The van der Waals surface area contributed by atoms with Crippen LogP contribution >= 0.6 is 11.3 Å². The molecule has 5 heteroatoms.